The van der Waals surface area contributed by atoms with E-state index in [4.69, 9.17) is 0 Å². The van der Waals surface area contributed by atoms with Crippen molar-refractivity contribution in [1.82, 2.24) is 0 Å². The van der Waals surface area contributed by atoms with Gasteiger partial charge in [-0.1, -0.05) is 160 Å². The Morgan fingerprint density at radius 2 is 1.04 bits per heavy atom. The molecule has 0 unspecified atom stereocenters. The number of hydrogen-bond acceptors (Lipinski definition) is 1. The minimum atomic E-state index is -1.82. The standard InChI is InChI=1S/C52H43NSi/c1-52(2)44-20-10-9-17-38(44)39-26-24-36(32-45(39)52)51-41-19-8-7-18-40(41)50(42-27-23-35(31-43(42)51)34-15-5-4-6-16-34)37-25-28-49-47(33-37)53(3)46-21-11-12-22-48(46)54(49)29-13-14-30-54/h4-12,15-28,31-33H,13-14,29-30H2,1-3H3. The van der Waals surface area contributed by atoms with E-state index in [0.29, 0.717) is 0 Å². The van der Waals surface area contributed by atoms with Gasteiger partial charge in [-0.05, 0) is 124 Å². The monoisotopic (exact) mass is 709 g/mol. The van der Waals surface area contributed by atoms with Gasteiger partial charge in [0.1, 0.15) is 8.07 Å². The highest BCUT2D eigenvalue weighted by atomic mass is 28.3. The molecule has 2 heteroatoms. The molecule has 2 aliphatic heterocycles. The molecule has 8 aromatic carbocycles. The molecule has 1 aliphatic carbocycles. The largest absolute Gasteiger partial charge is 0.345 e. The lowest BCUT2D eigenvalue weighted by atomic mass is 9.80. The lowest BCUT2D eigenvalue weighted by Gasteiger charge is -2.41. The van der Waals surface area contributed by atoms with Crippen LogP contribution in [-0.4, -0.2) is 15.1 Å². The first-order valence-corrected chi connectivity index (χ1v) is 22.1. The van der Waals surface area contributed by atoms with Crippen molar-refractivity contribution in [1.29, 1.82) is 0 Å². The molecule has 3 aliphatic rings. The molecule has 0 aromatic heterocycles. The highest BCUT2D eigenvalue weighted by Crippen LogP contribution is 2.52. The Labute approximate surface area is 319 Å². The molecule has 0 atom stereocenters. The van der Waals surface area contributed by atoms with Gasteiger partial charge < -0.3 is 4.90 Å². The Morgan fingerprint density at radius 3 is 1.85 bits per heavy atom. The second-order valence-corrected chi connectivity index (χ2v) is 20.7. The zero-order chi connectivity index (χ0) is 36.2. The topological polar surface area (TPSA) is 3.24 Å². The van der Waals surface area contributed by atoms with Crippen molar-refractivity contribution >= 4 is 51.4 Å². The lowest BCUT2D eigenvalue weighted by molar-refractivity contribution is 0.660. The molecule has 0 radical (unpaired) electrons. The normalized spacial score (nSPS) is 16.0. The zero-order valence-corrected chi connectivity index (χ0v) is 32.3. The minimum Gasteiger partial charge on any atom is -0.345 e. The van der Waals surface area contributed by atoms with E-state index in [1.54, 1.807) is 10.4 Å². The van der Waals surface area contributed by atoms with Crippen LogP contribution < -0.4 is 15.3 Å². The van der Waals surface area contributed by atoms with Crippen molar-refractivity contribution in [3.63, 3.8) is 0 Å². The predicted octanol–water partition coefficient (Wildman–Crippen LogP) is 12.7. The van der Waals surface area contributed by atoms with E-state index in [2.05, 4.69) is 184 Å². The van der Waals surface area contributed by atoms with Gasteiger partial charge in [0.05, 0.1) is 0 Å². The van der Waals surface area contributed by atoms with Crippen LogP contribution in [0.5, 0.6) is 0 Å². The summed E-state index contributed by atoms with van der Waals surface area (Å²) >= 11 is 0. The molecule has 1 nitrogen and oxygen atoms in total. The summed E-state index contributed by atoms with van der Waals surface area (Å²) < 4.78 is 0. The van der Waals surface area contributed by atoms with Gasteiger partial charge in [0.25, 0.3) is 0 Å². The summed E-state index contributed by atoms with van der Waals surface area (Å²) in [5, 5.41) is 8.48. The Balaban J connectivity index is 1.19. The van der Waals surface area contributed by atoms with Crippen molar-refractivity contribution in [2.75, 3.05) is 11.9 Å². The second-order valence-electron chi connectivity index (χ2n) is 16.5. The molecule has 0 N–H and O–H groups in total. The van der Waals surface area contributed by atoms with Gasteiger partial charge in [-0.25, -0.2) is 0 Å². The summed E-state index contributed by atoms with van der Waals surface area (Å²) in [4.78, 5) is 2.49. The van der Waals surface area contributed by atoms with Crippen molar-refractivity contribution < 1.29 is 0 Å². The molecule has 11 rings (SSSR count). The van der Waals surface area contributed by atoms with Crippen LogP contribution in [0.1, 0.15) is 37.8 Å². The van der Waals surface area contributed by atoms with Gasteiger partial charge >= 0.3 is 0 Å². The van der Waals surface area contributed by atoms with E-state index in [0.717, 1.165) is 0 Å². The van der Waals surface area contributed by atoms with Crippen LogP contribution in [0.4, 0.5) is 11.4 Å². The van der Waals surface area contributed by atoms with Gasteiger partial charge in [0.2, 0.25) is 0 Å². The maximum Gasteiger partial charge on any atom is 0.123 e. The van der Waals surface area contributed by atoms with Gasteiger partial charge in [0, 0.05) is 23.8 Å². The first-order valence-electron chi connectivity index (χ1n) is 19.7. The number of fused-ring (bicyclic) bond motifs is 9. The number of nitrogens with zero attached hydrogens (tertiary/aromatic N) is 1. The SMILES string of the molecule is CN1c2ccccc2[Si]2(CCCC2)c2ccc(-c3c4ccccc4c(-c4ccc5c(c4)C(C)(C)c4ccccc4-5)c4cc(-c5ccccc5)ccc34)cc21. The first kappa shape index (κ1) is 31.8. The average molecular weight is 710 g/mol. The third kappa shape index (κ3) is 4.38. The molecule has 54 heavy (non-hydrogen) atoms. The van der Waals surface area contributed by atoms with Crippen LogP contribution in [0, 0.1) is 0 Å². The summed E-state index contributed by atoms with van der Waals surface area (Å²) in [7, 11) is 0.471. The van der Waals surface area contributed by atoms with E-state index >= 15 is 0 Å². The quantitative estimate of drug-likeness (QED) is 0.130. The Kier molecular flexibility index (Phi) is 6.86. The molecule has 1 fully saturated rings. The van der Waals surface area contributed by atoms with Crippen LogP contribution in [-0.2, 0) is 5.41 Å². The van der Waals surface area contributed by atoms with Crippen molar-refractivity contribution in [3.05, 3.63) is 169 Å². The van der Waals surface area contributed by atoms with Gasteiger partial charge in [-0.3, -0.25) is 0 Å². The predicted molar refractivity (Wildman–Crippen MR) is 234 cm³/mol. The maximum absolute atomic E-state index is 2.54. The van der Waals surface area contributed by atoms with Crippen molar-refractivity contribution in [3.8, 4) is 44.5 Å². The molecule has 8 aromatic rings. The van der Waals surface area contributed by atoms with Crippen LogP contribution in [0.2, 0.25) is 12.1 Å². The highest BCUT2D eigenvalue weighted by Gasteiger charge is 2.46. The van der Waals surface area contributed by atoms with E-state index in [-0.39, 0.29) is 5.41 Å². The zero-order valence-electron chi connectivity index (χ0n) is 31.3. The van der Waals surface area contributed by atoms with Crippen LogP contribution in [0.3, 0.4) is 0 Å². The van der Waals surface area contributed by atoms with E-state index in [1.807, 2.05) is 0 Å². The Morgan fingerprint density at radius 1 is 0.444 bits per heavy atom. The third-order valence-corrected chi connectivity index (χ3v) is 18.7. The van der Waals surface area contributed by atoms with E-state index in [1.165, 1.54) is 113 Å². The number of para-hydroxylation sites is 1. The highest BCUT2D eigenvalue weighted by molar-refractivity contribution is 7.04. The summed E-state index contributed by atoms with van der Waals surface area (Å²) in [5.41, 5.74) is 16.0. The fourth-order valence-corrected chi connectivity index (χ4v) is 16.4. The van der Waals surface area contributed by atoms with E-state index < -0.39 is 8.07 Å². The van der Waals surface area contributed by atoms with Gasteiger partial charge in [0.15, 0.2) is 0 Å². The number of anilines is 2. The molecule has 0 bridgehead atoms. The summed E-state index contributed by atoms with van der Waals surface area (Å²) in [6, 6.07) is 63.0. The van der Waals surface area contributed by atoms with Crippen molar-refractivity contribution in [2.24, 2.45) is 0 Å². The fraction of sp³-hybridized carbons (Fsp3) is 0.154. The smallest absolute Gasteiger partial charge is 0.123 e. The minimum absolute atomic E-state index is 0.0730. The van der Waals surface area contributed by atoms with Gasteiger partial charge in [-0.15, -0.1) is 0 Å². The van der Waals surface area contributed by atoms with Crippen LogP contribution in [0.25, 0.3) is 66.1 Å². The molecule has 2 heterocycles. The lowest BCUT2D eigenvalue weighted by Crippen LogP contribution is -2.61. The molecule has 0 amide bonds. The molecule has 0 saturated carbocycles. The molecular weight excluding hydrogens is 667 g/mol. The molecule has 1 saturated heterocycles. The van der Waals surface area contributed by atoms with Crippen LogP contribution in [0.15, 0.2) is 158 Å². The summed E-state index contributed by atoms with van der Waals surface area (Å²) in [6.45, 7) is 4.77. The number of hydrogen-bond donors (Lipinski definition) is 0. The first-order chi connectivity index (χ1) is 26.4. The molecule has 260 valence electrons. The molecular formula is C52H43NSi. The van der Waals surface area contributed by atoms with Crippen molar-refractivity contribution in [2.45, 2.75) is 44.2 Å². The maximum atomic E-state index is 2.54. The summed E-state index contributed by atoms with van der Waals surface area (Å²) in [6.07, 6.45) is 2.69. The third-order valence-electron chi connectivity index (χ3n) is 13.4. The number of benzene rings is 8. The second kappa shape index (κ2) is 11.6. The Hall–Kier alpha value is -5.70. The summed E-state index contributed by atoms with van der Waals surface area (Å²) in [5.74, 6) is 0. The fourth-order valence-electron chi connectivity index (χ4n) is 10.8. The number of rotatable bonds is 3. The van der Waals surface area contributed by atoms with Crippen LogP contribution >= 0.6 is 0 Å². The average Bonchev–Trinajstić information content (AvgIpc) is 3.80. The Bertz CT molecular complexity index is 2820. The molecule has 1 spiro atoms. The van der Waals surface area contributed by atoms with E-state index in [9.17, 15) is 0 Å². The van der Waals surface area contributed by atoms with Gasteiger partial charge in [-0.2, -0.15) is 0 Å².